The largest absolute Gasteiger partial charge is 0.480 e. The molecule has 5 heteroatoms. The Morgan fingerprint density at radius 3 is 2.29 bits per heavy atom. The highest BCUT2D eigenvalue weighted by Crippen LogP contribution is 2.36. The third kappa shape index (κ3) is 4.62. The van der Waals surface area contributed by atoms with Crippen molar-refractivity contribution in [3.63, 3.8) is 0 Å². The van der Waals surface area contributed by atoms with Crippen LogP contribution >= 0.6 is 0 Å². The van der Waals surface area contributed by atoms with E-state index < -0.39 is 12.0 Å². The number of nitrogens with one attached hydrogen (secondary N) is 1. The number of hydrogen-bond donors (Lipinski definition) is 3. The van der Waals surface area contributed by atoms with Crippen molar-refractivity contribution in [3.05, 3.63) is 60.2 Å². The summed E-state index contributed by atoms with van der Waals surface area (Å²) in [6.07, 6.45) is 3.99. The van der Waals surface area contributed by atoms with E-state index in [9.17, 15) is 9.59 Å². The molecule has 160 valence electrons. The van der Waals surface area contributed by atoms with Gasteiger partial charge in [-0.2, -0.15) is 0 Å². The molecule has 1 amide bonds. The summed E-state index contributed by atoms with van der Waals surface area (Å²) < 4.78 is 0. The highest BCUT2D eigenvalue weighted by atomic mass is 16.4. The third-order valence-corrected chi connectivity index (χ3v) is 6.05. The normalized spacial score (nSPS) is 12.5. The second kappa shape index (κ2) is 9.31. The van der Waals surface area contributed by atoms with Crippen LogP contribution in [0.25, 0.3) is 32.3 Å². The third-order valence-electron chi connectivity index (χ3n) is 6.05. The smallest absolute Gasteiger partial charge is 0.320 e. The van der Waals surface area contributed by atoms with Gasteiger partial charge in [-0.05, 0) is 70.0 Å². The summed E-state index contributed by atoms with van der Waals surface area (Å²) in [6.45, 7) is 0.559. The molecule has 1 atom stereocenters. The Balaban J connectivity index is 1.33. The van der Waals surface area contributed by atoms with Crippen LogP contribution in [0.15, 0.2) is 54.6 Å². The molecule has 4 rings (SSSR count). The van der Waals surface area contributed by atoms with Crippen molar-refractivity contribution in [2.24, 2.45) is 5.73 Å². The van der Waals surface area contributed by atoms with E-state index >= 15 is 0 Å². The summed E-state index contributed by atoms with van der Waals surface area (Å²) in [6, 6.07) is 18.7. The van der Waals surface area contributed by atoms with E-state index in [4.69, 9.17) is 10.8 Å². The minimum atomic E-state index is -0.976. The van der Waals surface area contributed by atoms with Gasteiger partial charge in [0.25, 0.3) is 0 Å². The maximum absolute atomic E-state index is 12.1. The number of nitrogens with two attached hydrogens (primary N) is 1. The molecule has 4 aromatic rings. The van der Waals surface area contributed by atoms with Gasteiger partial charge in [0.2, 0.25) is 5.91 Å². The van der Waals surface area contributed by atoms with E-state index in [0.29, 0.717) is 25.8 Å². The van der Waals surface area contributed by atoms with Gasteiger partial charge in [-0.3, -0.25) is 9.59 Å². The van der Waals surface area contributed by atoms with Crippen molar-refractivity contribution in [1.82, 2.24) is 5.32 Å². The van der Waals surface area contributed by atoms with Crippen molar-refractivity contribution < 1.29 is 14.7 Å². The molecule has 0 bridgehead atoms. The number of rotatable bonds is 10. The average Bonchev–Trinajstić information content (AvgIpc) is 2.77. The number of aliphatic carboxylic acids is 1. The molecular formula is C26H28N2O3. The number of carbonyl (C=O) groups excluding carboxylic acids is 1. The van der Waals surface area contributed by atoms with Crippen LogP contribution in [0.4, 0.5) is 0 Å². The molecule has 0 aliphatic carbocycles. The first kappa shape index (κ1) is 21.1. The summed E-state index contributed by atoms with van der Waals surface area (Å²) >= 11 is 0. The fraction of sp³-hybridized carbons (Fsp3) is 0.308. The summed E-state index contributed by atoms with van der Waals surface area (Å²) in [7, 11) is 0. The Kier molecular flexibility index (Phi) is 6.33. The first-order chi connectivity index (χ1) is 15.0. The zero-order chi connectivity index (χ0) is 21.8. The highest BCUT2D eigenvalue weighted by molar-refractivity contribution is 6.23. The molecule has 31 heavy (non-hydrogen) atoms. The topological polar surface area (TPSA) is 92.4 Å². The van der Waals surface area contributed by atoms with Gasteiger partial charge in [-0.1, -0.05) is 54.6 Å². The molecular weight excluding hydrogens is 388 g/mol. The summed E-state index contributed by atoms with van der Waals surface area (Å²) in [5, 5.41) is 19.4. The lowest BCUT2D eigenvalue weighted by molar-refractivity contribution is -0.138. The van der Waals surface area contributed by atoms with Crippen LogP contribution in [0, 0.1) is 0 Å². The second-order valence-electron chi connectivity index (χ2n) is 8.22. The zero-order valence-corrected chi connectivity index (χ0v) is 17.6. The number of carboxylic acids is 1. The van der Waals surface area contributed by atoms with Crippen LogP contribution < -0.4 is 11.1 Å². The number of hydrogen-bond acceptors (Lipinski definition) is 3. The maximum atomic E-state index is 12.1. The van der Waals surface area contributed by atoms with E-state index in [1.807, 2.05) is 0 Å². The quantitative estimate of drug-likeness (QED) is 0.260. The lowest BCUT2D eigenvalue weighted by atomic mass is 9.90. The van der Waals surface area contributed by atoms with Gasteiger partial charge >= 0.3 is 5.97 Å². The molecule has 0 aromatic heterocycles. The van der Waals surface area contributed by atoms with Crippen molar-refractivity contribution >= 4 is 44.2 Å². The Hall–Kier alpha value is -3.18. The predicted molar refractivity (Wildman–Crippen MR) is 126 cm³/mol. The number of unbranched alkanes of at least 4 members (excludes halogenated alkanes) is 1. The first-order valence-electron chi connectivity index (χ1n) is 10.9. The SMILES string of the molecule is N[C@@H](CCCCNC(=O)CCCc1ccc2ccc3cccc4ccc1c2c34)C(=O)O. The van der Waals surface area contributed by atoms with Gasteiger partial charge in [-0.15, -0.1) is 0 Å². The minimum absolute atomic E-state index is 0.0419. The lowest BCUT2D eigenvalue weighted by Gasteiger charge is -2.14. The van der Waals surface area contributed by atoms with Crippen LogP contribution in [0.3, 0.4) is 0 Å². The Morgan fingerprint density at radius 2 is 1.55 bits per heavy atom. The number of carbonyl (C=O) groups is 2. The molecule has 0 aliphatic heterocycles. The van der Waals surface area contributed by atoms with Crippen molar-refractivity contribution in [2.75, 3.05) is 6.54 Å². The molecule has 0 unspecified atom stereocenters. The Morgan fingerprint density at radius 1 is 0.871 bits per heavy atom. The van der Waals surface area contributed by atoms with E-state index in [-0.39, 0.29) is 5.91 Å². The maximum Gasteiger partial charge on any atom is 0.320 e. The lowest BCUT2D eigenvalue weighted by Crippen LogP contribution is -2.30. The van der Waals surface area contributed by atoms with Gasteiger partial charge in [0.05, 0.1) is 0 Å². The van der Waals surface area contributed by atoms with Crippen molar-refractivity contribution in [2.45, 2.75) is 44.6 Å². The van der Waals surface area contributed by atoms with Crippen LogP contribution in [0.1, 0.15) is 37.7 Å². The molecule has 0 heterocycles. The van der Waals surface area contributed by atoms with Crippen LogP contribution in [-0.2, 0) is 16.0 Å². The molecule has 5 nitrogen and oxygen atoms in total. The number of amides is 1. The molecule has 0 fully saturated rings. The molecule has 0 saturated heterocycles. The van der Waals surface area contributed by atoms with Crippen LogP contribution in [0.2, 0.25) is 0 Å². The molecule has 0 saturated carbocycles. The first-order valence-corrected chi connectivity index (χ1v) is 10.9. The molecule has 4 N–H and O–H groups in total. The highest BCUT2D eigenvalue weighted by Gasteiger charge is 2.12. The van der Waals surface area contributed by atoms with Crippen molar-refractivity contribution in [3.8, 4) is 0 Å². The number of benzene rings is 4. The second-order valence-corrected chi connectivity index (χ2v) is 8.22. The Bertz CT molecular complexity index is 1200. The van der Waals surface area contributed by atoms with Crippen molar-refractivity contribution in [1.29, 1.82) is 0 Å². The van der Waals surface area contributed by atoms with Crippen LogP contribution in [-0.4, -0.2) is 29.6 Å². The van der Waals surface area contributed by atoms with Gasteiger partial charge in [0.15, 0.2) is 0 Å². The minimum Gasteiger partial charge on any atom is -0.480 e. The average molecular weight is 417 g/mol. The van der Waals surface area contributed by atoms with Gasteiger partial charge < -0.3 is 16.2 Å². The number of carboxylic acid groups (broad SMARTS) is 1. The molecule has 4 aromatic carbocycles. The van der Waals surface area contributed by atoms with E-state index in [1.165, 1.54) is 37.9 Å². The monoisotopic (exact) mass is 416 g/mol. The Labute approximate surface area is 181 Å². The van der Waals surface area contributed by atoms with E-state index in [1.54, 1.807) is 0 Å². The van der Waals surface area contributed by atoms with Gasteiger partial charge in [0, 0.05) is 13.0 Å². The van der Waals surface area contributed by atoms with Crippen LogP contribution in [0.5, 0.6) is 0 Å². The standard InChI is InChI=1S/C26H28N2O3/c27-22(26(30)31)8-1-2-16-28-23(29)9-4-5-17-10-11-20-13-12-18-6-3-7-19-14-15-21(17)25(20)24(18)19/h3,6-7,10-15,22H,1-2,4-5,8-9,16,27H2,(H,28,29)(H,30,31)/t22-/m0/s1. The van der Waals surface area contributed by atoms with E-state index in [2.05, 4.69) is 59.9 Å². The fourth-order valence-electron chi connectivity index (χ4n) is 4.38. The fourth-order valence-corrected chi connectivity index (χ4v) is 4.38. The van der Waals surface area contributed by atoms with Gasteiger partial charge in [-0.25, -0.2) is 0 Å². The molecule has 0 spiro atoms. The summed E-state index contributed by atoms with van der Waals surface area (Å²) in [5.41, 5.74) is 6.76. The molecule has 0 radical (unpaired) electrons. The van der Waals surface area contributed by atoms with Gasteiger partial charge in [0.1, 0.15) is 6.04 Å². The summed E-state index contributed by atoms with van der Waals surface area (Å²) in [5.74, 6) is -0.934. The predicted octanol–water partition coefficient (Wildman–Crippen LogP) is 4.61. The van der Waals surface area contributed by atoms with E-state index in [0.717, 1.165) is 19.3 Å². The summed E-state index contributed by atoms with van der Waals surface area (Å²) in [4.78, 5) is 22.8. The zero-order valence-electron chi connectivity index (χ0n) is 17.6. The number of aryl methyl sites for hydroxylation is 1. The molecule has 0 aliphatic rings.